The second kappa shape index (κ2) is 8.46. The Hall–Kier alpha value is -2.19. The van der Waals surface area contributed by atoms with Gasteiger partial charge < -0.3 is 14.7 Å². The van der Waals surface area contributed by atoms with Crippen LogP contribution < -0.4 is 5.32 Å². The van der Waals surface area contributed by atoms with Crippen molar-refractivity contribution in [3.63, 3.8) is 0 Å². The molecule has 0 radical (unpaired) electrons. The quantitative estimate of drug-likeness (QED) is 0.861. The maximum atomic E-state index is 12.4. The number of thiophene rings is 1. The van der Waals surface area contributed by atoms with Crippen LogP contribution in [-0.2, 0) is 11.3 Å². The normalized spacial score (nSPS) is 15.7. The molecule has 0 saturated carbocycles. The van der Waals surface area contributed by atoms with Crippen LogP contribution in [0.1, 0.15) is 33.1 Å². The minimum Gasteiger partial charge on any atom is -0.361 e. The molecule has 1 fully saturated rings. The van der Waals surface area contributed by atoms with E-state index in [9.17, 15) is 9.59 Å². The summed E-state index contributed by atoms with van der Waals surface area (Å²) >= 11 is 1.37. The van der Waals surface area contributed by atoms with Crippen molar-refractivity contribution >= 4 is 23.2 Å². The number of nitrogens with zero attached hydrogens (tertiary/aromatic N) is 3. The van der Waals surface area contributed by atoms with E-state index in [0.717, 1.165) is 43.1 Å². The summed E-state index contributed by atoms with van der Waals surface area (Å²) in [6, 6.07) is 3.58. The third-order valence-corrected chi connectivity index (χ3v) is 5.52. The second-order valence-electron chi connectivity index (χ2n) is 6.47. The highest BCUT2D eigenvalue weighted by molar-refractivity contribution is 7.12. The standard InChI is InChI=1S/C18H24N4O3S/c1-13-15(14(2)25-20-13)12-21-6-4-7-22(9-8-21)17(23)11-19-18(24)16-5-3-10-26-16/h3,5,10H,4,6-9,11-12H2,1-2H3,(H,19,24). The number of hydrogen-bond acceptors (Lipinski definition) is 6. The first-order valence-electron chi connectivity index (χ1n) is 8.78. The van der Waals surface area contributed by atoms with Crippen molar-refractivity contribution in [3.8, 4) is 0 Å². The molecule has 1 N–H and O–H groups in total. The molecule has 0 unspecified atom stereocenters. The minimum absolute atomic E-state index is 0.0332. The van der Waals surface area contributed by atoms with E-state index < -0.39 is 0 Å². The topological polar surface area (TPSA) is 78.7 Å². The molecule has 0 atom stereocenters. The van der Waals surface area contributed by atoms with Gasteiger partial charge in [0.2, 0.25) is 5.91 Å². The van der Waals surface area contributed by atoms with Crippen molar-refractivity contribution in [2.45, 2.75) is 26.8 Å². The summed E-state index contributed by atoms with van der Waals surface area (Å²) in [6.07, 6.45) is 0.911. The highest BCUT2D eigenvalue weighted by Gasteiger charge is 2.21. The summed E-state index contributed by atoms with van der Waals surface area (Å²) in [5, 5.41) is 8.56. The number of carbonyl (C=O) groups is 2. The fourth-order valence-corrected chi connectivity index (χ4v) is 3.73. The van der Waals surface area contributed by atoms with Crippen LogP contribution in [0, 0.1) is 13.8 Å². The van der Waals surface area contributed by atoms with Crippen molar-refractivity contribution in [2.24, 2.45) is 0 Å². The molecule has 2 aromatic heterocycles. The van der Waals surface area contributed by atoms with E-state index in [2.05, 4.69) is 15.4 Å². The molecule has 8 heteroatoms. The summed E-state index contributed by atoms with van der Waals surface area (Å²) in [7, 11) is 0. The molecular weight excluding hydrogens is 352 g/mol. The molecule has 2 amide bonds. The van der Waals surface area contributed by atoms with Gasteiger partial charge in [0.25, 0.3) is 5.91 Å². The highest BCUT2D eigenvalue weighted by atomic mass is 32.1. The fourth-order valence-electron chi connectivity index (χ4n) is 3.09. The average Bonchev–Trinajstić information content (AvgIpc) is 3.20. The van der Waals surface area contributed by atoms with Crippen molar-refractivity contribution in [2.75, 3.05) is 32.7 Å². The Morgan fingerprint density at radius 1 is 1.27 bits per heavy atom. The molecule has 3 rings (SSSR count). The Labute approximate surface area is 156 Å². The van der Waals surface area contributed by atoms with Crippen molar-refractivity contribution in [3.05, 3.63) is 39.4 Å². The van der Waals surface area contributed by atoms with Crippen LogP contribution in [0.2, 0.25) is 0 Å². The van der Waals surface area contributed by atoms with Crippen LogP contribution in [0.25, 0.3) is 0 Å². The molecule has 3 heterocycles. The Morgan fingerprint density at radius 3 is 2.81 bits per heavy atom. The van der Waals surface area contributed by atoms with Gasteiger partial charge >= 0.3 is 0 Å². The first-order valence-corrected chi connectivity index (χ1v) is 9.66. The maximum Gasteiger partial charge on any atom is 0.261 e. The molecule has 1 aliphatic heterocycles. The number of carbonyl (C=O) groups excluding carboxylic acids is 2. The van der Waals surface area contributed by atoms with Crippen LogP contribution in [0.4, 0.5) is 0 Å². The predicted octanol–water partition coefficient (Wildman–Crippen LogP) is 1.82. The van der Waals surface area contributed by atoms with E-state index in [1.165, 1.54) is 11.3 Å². The zero-order chi connectivity index (χ0) is 18.5. The molecule has 0 bridgehead atoms. The summed E-state index contributed by atoms with van der Waals surface area (Å²) < 4.78 is 5.23. The van der Waals surface area contributed by atoms with E-state index >= 15 is 0 Å². The van der Waals surface area contributed by atoms with Gasteiger partial charge in [0, 0.05) is 38.3 Å². The number of nitrogens with one attached hydrogen (secondary N) is 1. The lowest BCUT2D eigenvalue weighted by molar-refractivity contribution is -0.130. The fraction of sp³-hybridized carbons (Fsp3) is 0.500. The lowest BCUT2D eigenvalue weighted by atomic mass is 10.2. The lowest BCUT2D eigenvalue weighted by Crippen LogP contribution is -2.41. The van der Waals surface area contributed by atoms with Crippen LogP contribution in [-0.4, -0.2) is 59.5 Å². The highest BCUT2D eigenvalue weighted by Crippen LogP contribution is 2.16. The molecule has 0 aliphatic carbocycles. The third kappa shape index (κ3) is 4.50. The van der Waals surface area contributed by atoms with Gasteiger partial charge in [-0.3, -0.25) is 14.5 Å². The zero-order valence-electron chi connectivity index (χ0n) is 15.2. The smallest absolute Gasteiger partial charge is 0.261 e. The molecule has 26 heavy (non-hydrogen) atoms. The number of aryl methyl sites for hydroxylation is 2. The Bertz CT molecular complexity index is 737. The number of aromatic nitrogens is 1. The van der Waals surface area contributed by atoms with Crippen LogP contribution in [0.5, 0.6) is 0 Å². The summed E-state index contributed by atoms with van der Waals surface area (Å²) in [6.45, 7) is 7.82. The van der Waals surface area contributed by atoms with E-state index in [4.69, 9.17) is 4.52 Å². The van der Waals surface area contributed by atoms with Crippen LogP contribution >= 0.6 is 11.3 Å². The molecule has 1 aliphatic rings. The number of amides is 2. The molecule has 1 saturated heterocycles. The monoisotopic (exact) mass is 376 g/mol. The largest absolute Gasteiger partial charge is 0.361 e. The minimum atomic E-state index is -0.191. The van der Waals surface area contributed by atoms with Gasteiger partial charge in [-0.05, 0) is 31.7 Å². The maximum absolute atomic E-state index is 12.4. The molecule has 140 valence electrons. The Morgan fingerprint density at radius 2 is 2.12 bits per heavy atom. The molecule has 0 spiro atoms. The number of hydrogen-bond donors (Lipinski definition) is 1. The molecule has 7 nitrogen and oxygen atoms in total. The van der Waals surface area contributed by atoms with E-state index in [0.29, 0.717) is 18.0 Å². The Kier molecular flexibility index (Phi) is 6.05. The van der Waals surface area contributed by atoms with Crippen molar-refractivity contribution < 1.29 is 14.1 Å². The Balaban J connectivity index is 1.48. The van der Waals surface area contributed by atoms with Crippen molar-refractivity contribution in [1.82, 2.24) is 20.3 Å². The van der Waals surface area contributed by atoms with Gasteiger partial charge in [-0.25, -0.2) is 0 Å². The average molecular weight is 376 g/mol. The first kappa shape index (κ1) is 18.6. The molecule has 2 aromatic rings. The summed E-state index contributed by atoms with van der Waals surface area (Å²) in [4.78, 5) is 29.2. The van der Waals surface area contributed by atoms with Gasteiger partial charge in [0.1, 0.15) is 5.76 Å². The molecular formula is C18H24N4O3S. The predicted molar refractivity (Wildman–Crippen MR) is 99.1 cm³/mol. The zero-order valence-corrected chi connectivity index (χ0v) is 16.0. The van der Waals surface area contributed by atoms with E-state index in [1.807, 2.05) is 30.2 Å². The summed E-state index contributed by atoms with van der Waals surface area (Å²) in [5.41, 5.74) is 2.06. The second-order valence-corrected chi connectivity index (χ2v) is 7.42. The van der Waals surface area contributed by atoms with Gasteiger partial charge in [-0.15, -0.1) is 11.3 Å². The SMILES string of the molecule is Cc1noc(C)c1CN1CCCN(C(=O)CNC(=O)c2cccs2)CC1. The van der Waals surface area contributed by atoms with Crippen LogP contribution in [0.3, 0.4) is 0 Å². The van der Waals surface area contributed by atoms with Gasteiger partial charge in [-0.2, -0.15) is 0 Å². The summed E-state index contributed by atoms with van der Waals surface area (Å²) in [5.74, 6) is 0.633. The lowest BCUT2D eigenvalue weighted by Gasteiger charge is -2.22. The van der Waals surface area contributed by atoms with Crippen molar-refractivity contribution in [1.29, 1.82) is 0 Å². The third-order valence-electron chi connectivity index (χ3n) is 4.65. The van der Waals surface area contributed by atoms with Gasteiger partial charge in [0.05, 0.1) is 17.1 Å². The van der Waals surface area contributed by atoms with E-state index in [-0.39, 0.29) is 18.4 Å². The van der Waals surface area contributed by atoms with Gasteiger partial charge in [0.15, 0.2) is 0 Å². The molecule has 0 aromatic carbocycles. The van der Waals surface area contributed by atoms with Crippen LogP contribution in [0.15, 0.2) is 22.0 Å². The van der Waals surface area contributed by atoms with Gasteiger partial charge in [-0.1, -0.05) is 11.2 Å². The first-order chi connectivity index (χ1) is 12.5. The van der Waals surface area contributed by atoms with E-state index in [1.54, 1.807) is 6.07 Å². The number of rotatable bonds is 5.